The number of aliphatic hydroxyl groups excluding tert-OH is 1. The predicted molar refractivity (Wildman–Crippen MR) is 115 cm³/mol. The molecule has 1 heterocycles. The quantitative estimate of drug-likeness (QED) is 0.639. The molecule has 5 rings (SSSR count). The highest BCUT2D eigenvalue weighted by Crippen LogP contribution is 2.70. The summed E-state index contributed by atoms with van der Waals surface area (Å²) in [6, 6.07) is 2.37. The van der Waals surface area contributed by atoms with Gasteiger partial charge in [0.05, 0.1) is 31.0 Å². The van der Waals surface area contributed by atoms with Crippen molar-refractivity contribution in [2.24, 2.45) is 34.0 Å². The summed E-state index contributed by atoms with van der Waals surface area (Å²) in [5, 5.41) is 21.1. The largest absolute Gasteiger partial charge is 0.387 e. The van der Waals surface area contributed by atoms with Gasteiger partial charge in [-0.05, 0) is 56.3 Å². The highest BCUT2D eigenvalue weighted by molar-refractivity contribution is 5.46. The van der Waals surface area contributed by atoms with Crippen LogP contribution in [-0.2, 0) is 9.47 Å². The minimum absolute atomic E-state index is 0.0783. The van der Waals surface area contributed by atoms with Gasteiger partial charge in [-0.15, -0.1) is 0 Å². The number of hydrogen-bond donors (Lipinski definition) is 1. The normalized spacial score (nSPS) is 45.7. The van der Waals surface area contributed by atoms with Gasteiger partial charge in [0.2, 0.25) is 0 Å². The first kappa shape index (κ1) is 20.7. The second-order valence-corrected chi connectivity index (χ2v) is 10.9. The SMILES string of the molecule is CCC1(CC)C2=CCC3C(CCC4(C)C3CCC43OCCO3)C2(C)C=C(C#N)C1O. The van der Waals surface area contributed by atoms with Crippen molar-refractivity contribution in [2.75, 3.05) is 13.2 Å². The van der Waals surface area contributed by atoms with Gasteiger partial charge in [0, 0.05) is 22.7 Å². The highest BCUT2D eigenvalue weighted by Gasteiger charge is 2.67. The van der Waals surface area contributed by atoms with Crippen molar-refractivity contribution in [3.63, 3.8) is 0 Å². The van der Waals surface area contributed by atoms with Crippen LogP contribution in [0.2, 0.25) is 0 Å². The number of rotatable bonds is 2. The molecule has 1 spiro atoms. The standard InChI is InChI=1S/C26H37NO3/c1-5-25(6-2)21-8-7-18-19(23(21,3)15-17(16-27)22(25)28)9-11-24(4)20(18)10-12-26(24)29-13-14-30-26/h8,15,18-20,22,28H,5-7,9-14H2,1-4H3. The molecule has 30 heavy (non-hydrogen) atoms. The number of aliphatic hydroxyl groups is 1. The molecular formula is C26H37NO3. The molecule has 0 amide bonds. The highest BCUT2D eigenvalue weighted by atomic mass is 16.7. The molecule has 0 radical (unpaired) electrons. The lowest BCUT2D eigenvalue weighted by atomic mass is 9.44. The van der Waals surface area contributed by atoms with E-state index < -0.39 is 6.10 Å². The van der Waals surface area contributed by atoms with E-state index in [1.54, 1.807) is 0 Å². The fraction of sp³-hybridized carbons (Fsp3) is 0.808. The Morgan fingerprint density at radius 2 is 1.77 bits per heavy atom. The minimum atomic E-state index is -0.683. The summed E-state index contributed by atoms with van der Waals surface area (Å²) in [5.41, 5.74) is 1.60. The molecule has 1 aliphatic heterocycles. The summed E-state index contributed by atoms with van der Waals surface area (Å²) in [4.78, 5) is 0. The molecule has 4 heteroatoms. The van der Waals surface area contributed by atoms with Crippen LogP contribution in [0.1, 0.15) is 72.6 Å². The van der Waals surface area contributed by atoms with Gasteiger partial charge >= 0.3 is 0 Å². The van der Waals surface area contributed by atoms with E-state index in [0.717, 1.165) is 51.7 Å². The van der Waals surface area contributed by atoms with E-state index in [1.165, 1.54) is 12.0 Å². The van der Waals surface area contributed by atoms with E-state index in [-0.39, 0.29) is 22.0 Å². The third-order valence-electron chi connectivity index (χ3n) is 10.4. The first-order valence-corrected chi connectivity index (χ1v) is 12.1. The van der Waals surface area contributed by atoms with Crippen LogP contribution in [0.15, 0.2) is 23.3 Å². The third kappa shape index (κ3) is 2.27. The van der Waals surface area contributed by atoms with Gasteiger partial charge < -0.3 is 14.6 Å². The summed E-state index contributed by atoms with van der Waals surface area (Å²) in [6.45, 7) is 10.6. The van der Waals surface area contributed by atoms with Crippen LogP contribution >= 0.6 is 0 Å². The van der Waals surface area contributed by atoms with Gasteiger partial charge in [0.15, 0.2) is 5.79 Å². The first-order valence-electron chi connectivity index (χ1n) is 12.1. The summed E-state index contributed by atoms with van der Waals surface area (Å²) >= 11 is 0. The average molecular weight is 412 g/mol. The Kier molecular flexibility index (Phi) is 4.61. The smallest absolute Gasteiger partial charge is 0.174 e. The van der Waals surface area contributed by atoms with Gasteiger partial charge in [-0.25, -0.2) is 0 Å². The van der Waals surface area contributed by atoms with Gasteiger partial charge in [0.25, 0.3) is 0 Å². The van der Waals surface area contributed by atoms with Crippen LogP contribution in [0.25, 0.3) is 0 Å². The van der Waals surface area contributed by atoms with Crippen molar-refractivity contribution in [1.29, 1.82) is 5.26 Å². The topological polar surface area (TPSA) is 62.5 Å². The summed E-state index contributed by atoms with van der Waals surface area (Å²) in [6.07, 6.45) is 11.2. The average Bonchev–Trinajstić information content (AvgIpc) is 3.34. The van der Waals surface area contributed by atoms with E-state index >= 15 is 0 Å². The Morgan fingerprint density at radius 3 is 2.40 bits per heavy atom. The Bertz CT molecular complexity index is 828. The number of nitrogens with zero attached hydrogens (tertiary/aromatic N) is 1. The van der Waals surface area contributed by atoms with Gasteiger partial charge in [-0.3, -0.25) is 0 Å². The van der Waals surface area contributed by atoms with Crippen molar-refractivity contribution in [3.8, 4) is 6.07 Å². The van der Waals surface area contributed by atoms with Gasteiger partial charge in [-0.2, -0.15) is 5.26 Å². The molecule has 0 aromatic carbocycles. The molecule has 6 atom stereocenters. The third-order valence-corrected chi connectivity index (χ3v) is 10.4. The van der Waals surface area contributed by atoms with Gasteiger partial charge in [0.1, 0.15) is 0 Å². The van der Waals surface area contributed by atoms with Crippen LogP contribution in [0.3, 0.4) is 0 Å². The molecule has 2 saturated carbocycles. The van der Waals surface area contributed by atoms with Crippen LogP contribution in [0.4, 0.5) is 0 Å². The first-order chi connectivity index (χ1) is 14.3. The minimum Gasteiger partial charge on any atom is -0.387 e. The monoisotopic (exact) mass is 411 g/mol. The van der Waals surface area contributed by atoms with Crippen LogP contribution in [0.5, 0.6) is 0 Å². The lowest BCUT2D eigenvalue weighted by Gasteiger charge is -2.61. The van der Waals surface area contributed by atoms with E-state index in [4.69, 9.17) is 9.47 Å². The summed E-state index contributed by atoms with van der Waals surface area (Å²) < 4.78 is 12.6. The molecule has 6 unspecified atom stereocenters. The van der Waals surface area contributed by atoms with Crippen molar-refractivity contribution < 1.29 is 14.6 Å². The number of fused-ring (bicyclic) bond motifs is 6. The maximum Gasteiger partial charge on any atom is 0.174 e. The molecule has 5 aliphatic rings. The Morgan fingerprint density at radius 1 is 1.10 bits per heavy atom. The van der Waals surface area contributed by atoms with Crippen LogP contribution in [0, 0.1) is 45.3 Å². The predicted octanol–water partition coefficient (Wildman–Crippen LogP) is 5.14. The molecule has 0 aromatic heterocycles. The summed E-state index contributed by atoms with van der Waals surface area (Å²) in [7, 11) is 0. The Balaban J connectivity index is 1.59. The van der Waals surface area contributed by atoms with Crippen molar-refractivity contribution in [2.45, 2.75) is 84.5 Å². The molecule has 0 bridgehead atoms. The zero-order valence-electron chi connectivity index (χ0n) is 19.0. The molecule has 3 fully saturated rings. The molecule has 4 aliphatic carbocycles. The molecule has 1 saturated heterocycles. The fourth-order valence-corrected chi connectivity index (χ4v) is 8.80. The number of nitriles is 1. The lowest BCUT2D eigenvalue weighted by molar-refractivity contribution is -0.241. The van der Waals surface area contributed by atoms with E-state index in [2.05, 4.69) is 45.9 Å². The molecule has 0 aromatic rings. The number of allylic oxidation sites excluding steroid dienone is 2. The maximum atomic E-state index is 11.2. The zero-order valence-corrected chi connectivity index (χ0v) is 19.0. The van der Waals surface area contributed by atoms with E-state index in [0.29, 0.717) is 23.3 Å². The van der Waals surface area contributed by atoms with Crippen molar-refractivity contribution in [1.82, 2.24) is 0 Å². The van der Waals surface area contributed by atoms with Crippen LogP contribution < -0.4 is 0 Å². The van der Waals surface area contributed by atoms with E-state index in [1.807, 2.05) is 0 Å². The molecule has 4 nitrogen and oxygen atoms in total. The maximum absolute atomic E-state index is 11.2. The molecule has 164 valence electrons. The molecular weight excluding hydrogens is 374 g/mol. The number of hydrogen-bond acceptors (Lipinski definition) is 4. The van der Waals surface area contributed by atoms with Gasteiger partial charge in [-0.1, -0.05) is 45.4 Å². The fourth-order valence-electron chi connectivity index (χ4n) is 8.80. The second-order valence-electron chi connectivity index (χ2n) is 10.9. The second kappa shape index (κ2) is 6.67. The summed E-state index contributed by atoms with van der Waals surface area (Å²) in [5.74, 6) is 1.32. The van der Waals surface area contributed by atoms with Crippen molar-refractivity contribution in [3.05, 3.63) is 23.3 Å². The van der Waals surface area contributed by atoms with Crippen molar-refractivity contribution >= 4 is 0 Å². The Hall–Kier alpha value is -1.15. The Labute approximate surface area is 181 Å². The van der Waals surface area contributed by atoms with E-state index in [9.17, 15) is 10.4 Å². The molecule has 1 N–H and O–H groups in total. The van der Waals surface area contributed by atoms with Crippen LogP contribution in [-0.4, -0.2) is 30.2 Å². The lowest BCUT2D eigenvalue weighted by Crippen LogP contribution is -2.57. The zero-order chi connectivity index (χ0) is 21.4. The number of ether oxygens (including phenoxy) is 2.